The smallest absolute Gasteiger partial charge is 0.159 e. The van der Waals surface area contributed by atoms with E-state index in [0.717, 1.165) is 37.7 Å². The number of rotatable bonds is 19. The second kappa shape index (κ2) is 17.2. The van der Waals surface area contributed by atoms with E-state index >= 15 is 0 Å². The summed E-state index contributed by atoms with van der Waals surface area (Å²) in [6.07, 6.45) is 12.4. The van der Waals surface area contributed by atoms with Gasteiger partial charge in [0.1, 0.15) is 18.1 Å². The Morgan fingerprint density at radius 2 is 1.15 bits per heavy atom. The van der Waals surface area contributed by atoms with Crippen molar-refractivity contribution in [3.63, 3.8) is 0 Å². The molecule has 34 heavy (non-hydrogen) atoms. The first-order chi connectivity index (χ1) is 16.6. The normalized spacial score (nSPS) is 12.9. The Morgan fingerprint density at radius 1 is 0.647 bits per heavy atom. The predicted octanol–water partition coefficient (Wildman–Crippen LogP) is 8.30. The van der Waals surface area contributed by atoms with Crippen LogP contribution in [0.3, 0.4) is 0 Å². The minimum absolute atomic E-state index is 0.320. The van der Waals surface area contributed by atoms with Crippen LogP contribution in [-0.2, 0) is 0 Å². The Labute approximate surface area is 204 Å². The lowest BCUT2D eigenvalue weighted by molar-refractivity contribution is 0.221. The van der Waals surface area contributed by atoms with Gasteiger partial charge in [-0.2, -0.15) is 0 Å². The van der Waals surface area contributed by atoms with Crippen LogP contribution < -0.4 is 9.47 Å². The third-order valence-corrected chi connectivity index (χ3v) is 5.88. The van der Waals surface area contributed by atoms with E-state index < -0.39 is 12.3 Å². The number of ether oxygens (including phenoxy) is 2. The van der Waals surface area contributed by atoms with E-state index in [1.165, 1.54) is 19.3 Å². The molecule has 0 spiro atoms. The zero-order valence-corrected chi connectivity index (χ0v) is 21.0. The van der Waals surface area contributed by atoms with Gasteiger partial charge in [-0.05, 0) is 37.1 Å². The highest BCUT2D eigenvalue weighted by molar-refractivity contribution is 5.56. The summed E-state index contributed by atoms with van der Waals surface area (Å²) in [6.45, 7) is 4.99. The molecule has 4 nitrogen and oxygen atoms in total. The van der Waals surface area contributed by atoms with Gasteiger partial charge in [-0.1, -0.05) is 65.2 Å². The molecule has 6 heteroatoms. The molecule has 1 aromatic heterocycles. The maximum atomic E-state index is 14.0. The van der Waals surface area contributed by atoms with Crippen molar-refractivity contribution < 1.29 is 18.3 Å². The molecule has 0 aliphatic rings. The zero-order valence-electron chi connectivity index (χ0n) is 21.0. The van der Waals surface area contributed by atoms with Crippen LogP contribution in [0.15, 0.2) is 36.7 Å². The van der Waals surface area contributed by atoms with Gasteiger partial charge in [-0.25, -0.2) is 18.7 Å². The third kappa shape index (κ3) is 11.8. The van der Waals surface area contributed by atoms with Crippen LogP contribution in [-0.4, -0.2) is 35.5 Å². The molecule has 1 heterocycles. The molecule has 2 rings (SSSR count). The molecule has 2 aromatic rings. The molecule has 0 N–H and O–H groups in total. The van der Waals surface area contributed by atoms with Crippen LogP contribution in [0.2, 0.25) is 0 Å². The highest BCUT2D eigenvalue weighted by Gasteiger charge is 2.09. The molecule has 0 radical (unpaired) electrons. The molecule has 0 unspecified atom stereocenters. The fraction of sp³-hybridized carbons (Fsp3) is 0.643. The van der Waals surface area contributed by atoms with Gasteiger partial charge in [0.25, 0.3) is 0 Å². The number of benzene rings is 1. The zero-order chi connectivity index (χ0) is 24.4. The van der Waals surface area contributed by atoms with Gasteiger partial charge in [0.15, 0.2) is 11.6 Å². The van der Waals surface area contributed by atoms with E-state index in [4.69, 9.17) is 9.47 Å². The number of alkyl halides is 2. The van der Waals surface area contributed by atoms with Crippen LogP contribution in [0, 0.1) is 0 Å². The van der Waals surface area contributed by atoms with Crippen LogP contribution in [0.4, 0.5) is 8.78 Å². The highest BCUT2D eigenvalue weighted by atomic mass is 19.1. The van der Waals surface area contributed by atoms with Gasteiger partial charge in [0, 0.05) is 18.4 Å². The van der Waals surface area contributed by atoms with Crippen LogP contribution in [0.1, 0.15) is 90.9 Å². The summed E-state index contributed by atoms with van der Waals surface area (Å²) in [6, 6.07) is 7.47. The number of nitrogens with zero attached hydrogens (tertiary/aromatic N) is 2. The second-order valence-electron chi connectivity index (χ2n) is 8.93. The summed E-state index contributed by atoms with van der Waals surface area (Å²) in [7, 11) is 0. The first-order valence-corrected chi connectivity index (χ1v) is 13.1. The predicted molar refractivity (Wildman–Crippen MR) is 135 cm³/mol. The number of halogens is 2. The van der Waals surface area contributed by atoms with E-state index in [9.17, 15) is 8.78 Å². The summed E-state index contributed by atoms with van der Waals surface area (Å²) in [5, 5.41) is 0. The minimum atomic E-state index is -0.821. The largest absolute Gasteiger partial charge is 0.493 e. The maximum absolute atomic E-state index is 14.0. The monoisotopic (exact) mass is 476 g/mol. The van der Waals surface area contributed by atoms with Crippen molar-refractivity contribution >= 4 is 0 Å². The molecule has 0 bridgehead atoms. The van der Waals surface area contributed by atoms with Gasteiger partial charge in [0.2, 0.25) is 0 Å². The first-order valence-electron chi connectivity index (χ1n) is 13.1. The van der Waals surface area contributed by atoms with E-state index in [-0.39, 0.29) is 0 Å². The fourth-order valence-electron chi connectivity index (χ4n) is 3.72. The van der Waals surface area contributed by atoms with Crippen molar-refractivity contribution in [3.8, 4) is 22.9 Å². The molecule has 1 aromatic carbocycles. The van der Waals surface area contributed by atoms with E-state index in [1.54, 1.807) is 12.4 Å². The second-order valence-corrected chi connectivity index (χ2v) is 8.93. The average molecular weight is 477 g/mol. The first kappa shape index (κ1) is 28.0. The molecule has 0 saturated heterocycles. The molecule has 2 atom stereocenters. The lowest BCUT2D eigenvalue weighted by Gasteiger charge is -2.11. The third-order valence-electron chi connectivity index (χ3n) is 5.88. The van der Waals surface area contributed by atoms with Gasteiger partial charge in [0.05, 0.1) is 25.6 Å². The van der Waals surface area contributed by atoms with Crippen molar-refractivity contribution in [2.24, 2.45) is 0 Å². The van der Waals surface area contributed by atoms with Crippen molar-refractivity contribution in [2.75, 3.05) is 13.2 Å². The van der Waals surface area contributed by atoms with Gasteiger partial charge in [-0.15, -0.1) is 0 Å². The summed E-state index contributed by atoms with van der Waals surface area (Å²) in [4.78, 5) is 8.70. The molecule has 0 saturated carbocycles. The topological polar surface area (TPSA) is 44.2 Å². The minimum Gasteiger partial charge on any atom is -0.493 e. The molecule has 190 valence electrons. The Bertz CT molecular complexity index is 756. The standard InChI is InChI=1S/C28H42F2N2O2/c1-3-5-7-8-10-12-25(30)17-19-33-26-15-13-23(14-16-26)28-31-21-27(22-32-28)34-20-18-24(29)11-9-6-4-2/h13-16,21-22,24-25H,3-12,17-20H2,1-2H3/t24-,25-/m1/s1. The van der Waals surface area contributed by atoms with E-state index in [2.05, 4.69) is 23.8 Å². The lowest BCUT2D eigenvalue weighted by Crippen LogP contribution is -2.08. The lowest BCUT2D eigenvalue weighted by atomic mass is 10.1. The van der Waals surface area contributed by atoms with Crippen molar-refractivity contribution in [2.45, 2.75) is 103 Å². The summed E-state index contributed by atoms with van der Waals surface area (Å²) in [5.41, 5.74) is 0.856. The van der Waals surface area contributed by atoms with E-state index in [0.29, 0.717) is 56.2 Å². The average Bonchev–Trinajstić information content (AvgIpc) is 2.85. The summed E-state index contributed by atoms with van der Waals surface area (Å²) >= 11 is 0. The van der Waals surface area contributed by atoms with Crippen molar-refractivity contribution in [1.82, 2.24) is 9.97 Å². The Hall–Kier alpha value is -2.24. The van der Waals surface area contributed by atoms with Gasteiger partial charge in [-0.3, -0.25) is 0 Å². The fourth-order valence-corrected chi connectivity index (χ4v) is 3.72. The molecule has 0 fully saturated rings. The summed E-state index contributed by atoms with van der Waals surface area (Å²) in [5.74, 6) is 1.82. The highest BCUT2D eigenvalue weighted by Crippen LogP contribution is 2.21. The van der Waals surface area contributed by atoms with Crippen molar-refractivity contribution in [1.29, 1.82) is 0 Å². The van der Waals surface area contributed by atoms with Crippen LogP contribution in [0.25, 0.3) is 11.4 Å². The summed E-state index contributed by atoms with van der Waals surface area (Å²) < 4.78 is 39.1. The molecular formula is C28H42F2N2O2. The van der Waals surface area contributed by atoms with Crippen molar-refractivity contribution in [3.05, 3.63) is 36.7 Å². The molecular weight excluding hydrogens is 434 g/mol. The quantitative estimate of drug-likeness (QED) is 0.191. The molecule has 0 aliphatic carbocycles. The Morgan fingerprint density at radius 3 is 1.74 bits per heavy atom. The number of hydrogen-bond donors (Lipinski definition) is 0. The maximum Gasteiger partial charge on any atom is 0.159 e. The Balaban J connectivity index is 1.67. The van der Waals surface area contributed by atoms with Gasteiger partial charge < -0.3 is 9.47 Å². The number of unbranched alkanes of at least 4 members (excludes halogenated alkanes) is 6. The van der Waals surface area contributed by atoms with Gasteiger partial charge >= 0.3 is 0 Å². The Kier molecular flexibility index (Phi) is 14.2. The van der Waals surface area contributed by atoms with E-state index in [1.807, 2.05) is 24.3 Å². The SMILES string of the molecule is CCCCCCC[C@@H](F)CCOc1ccc(-c2ncc(OCC[C@H](F)CCCCC)cn2)cc1. The number of aromatic nitrogens is 2. The molecule has 0 amide bonds. The van der Waals surface area contributed by atoms with Crippen LogP contribution >= 0.6 is 0 Å². The van der Waals surface area contributed by atoms with Crippen LogP contribution in [0.5, 0.6) is 11.5 Å². The molecule has 0 aliphatic heterocycles. The number of hydrogen-bond acceptors (Lipinski definition) is 4.